The highest BCUT2D eigenvalue weighted by atomic mass is 16.5. The van der Waals surface area contributed by atoms with Crippen LogP contribution in [0.1, 0.15) is 58.3 Å². The molecule has 0 aromatic carbocycles. The van der Waals surface area contributed by atoms with Crippen molar-refractivity contribution < 1.29 is 14.3 Å². The molecule has 3 unspecified atom stereocenters. The lowest BCUT2D eigenvalue weighted by Gasteiger charge is -2.54. The fourth-order valence-corrected chi connectivity index (χ4v) is 4.87. The number of carbonyl (C=O) groups is 1. The van der Waals surface area contributed by atoms with E-state index >= 15 is 0 Å². The zero-order valence-electron chi connectivity index (χ0n) is 17.8. The van der Waals surface area contributed by atoms with Crippen molar-refractivity contribution in [3.63, 3.8) is 0 Å². The van der Waals surface area contributed by atoms with Crippen molar-refractivity contribution in [2.45, 2.75) is 76.5 Å². The summed E-state index contributed by atoms with van der Waals surface area (Å²) in [5.74, 6) is 0.738. The number of hydrogen-bond donors (Lipinski definition) is 2. The van der Waals surface area contributed by atoms with Crippen LogP contribution >= 0.6 is 0 Å². The number of nitrogens with one attached hydrogen (secondary N) is 2. The summed E-state index contributed by atoms with van der Waals surface area (Å²) in [6.45, 7) is 4.58. The van der Waals surface area contributed by atoms with Gasteiger partial charge in [-0.15, -0.1) is 0 Å². The van der Waals surface area contributed by atoms with Gasteiger partial charge in [0.05, 0.1) is 12.2 Å². The van der Waals surface area contributed by atoms with Crippen LogP contribution in [0.15, 0.2) is 4.99 Å². The molecule has 3 fully saturated rings. The average Bonchev–Trinajstić information content (AvgIpc) is 3.22. The van der Waals surface area contributed by atoms with Crippen LogP contribution in [0.5, 0.6) is 0 Å². The van der Waals surface area contributed by atoms with Crippen LogP contribution in [0.2, 0.25) is 0 Å². The lowest BCUT2D eigenvalue weighted by atomic mass is 9.60. The molecule has 2 saturated carbocycles. The third-order valence-electron chi connectivity index (χ3n) is 6.64. The molecule has 1 saturated heterocycles. The quantitative estimate of drug-likeness (QED) is 0.510. The van der Waals surface area contributed by atoms with E-state index in [1.165, 1.54) is 32.1 Å². The number of aliphatic imine (C=N–C) groups is 1. The smallest absolute Gasteiger partial charge is 0.243 e. The first-order chi connectivity index (χ1) is 13.5. The maximum absolute atomic E-state index is 12.0. The van der Waals surface area contributed by atoms with Gasteiger partial charge in [-0.2, -0.15) is 0 Å². The molecule has 3 atom stereocenters. The van der Waals surface area contributed by atoms with Gasteiger partial charge in [-0.3, -0.25) is 4.79 Å². The van der Waals surface area contributed by atoms with E-state index in [1.807, 2.05) is 0 Å². The molecule has 2 aliphatic carbocycles. The van der Waals surface area contributed by atoms with Crippen LogP contribution in [0.25, 0.3) is 0 Å². The summed E-state index contributed by atoms with van der Waals surface area (Å²) in [4.78, 5) is 18.2. The van der Waals surface area contributed by atoms with Crippen LogP contribution in [-0.2, 0) is 14.3 Å². The monoisotopic (exact) mass is 394 g/mol. The lowest BCUT2D eigenvalue weighted by Crippen LogP contribution is -2.65. The lowest BCUT2D eigenvalue weighted by molar-refractivity contribution is -0.127. The number of amides is 1. The minimum Gasteiger partial charge on any atom is -0.378 e. The van der Waals surface area contributed by atoms with E-state index < -0.39 is 0 Å². The molecule has 3 rings (SSSR count). The van der Waals surface area contributed by atoms with Gasteiger partial charge in [-0.1, -0.05) is 12.8 Å². The number of rotatable bonds is 7. The second-order valence-electron chi connectivity index (χ2n) is 8.64. The van der Waals surface area contributed by atoms with E-state index in [-0.39, 0.29) is 24.0 Å². The van der Waals surface area contributed by atoms with E-state index in [0.717, 1.165) is 45.0 Å². The van der Waals surface area contributed by atoms with Crippen LogP contribution in [0, 0.1) is 5.41 Å². The van der Waals surface area contributed by atoms with Gasteiger partial charge in [0, 0.05) is 45.3 Å². The summed E-state index contributed by atoms with van der Waals surface area (Å²) in [6.07, 6.45) is 10.0. The molecule has 1 amide bonds. The SMILES string of the molecule is CCOC1CC(NC(=NCC(=O)N(C)C)NCC2CCCCO2)C12CCCC2. The second kappa shape index (κ2) is 9.92. The van der Waals surface area contributed by atoms with Gasteiger partial charge in [0.1, 0.15) is 6.54 Å². The molecule has 0 aromatic heterocycles. The molecule has 1 heterocycles. The minimum absolute atomic E-state index is 0.00592. The number of carbonyl (C=O) groups excluding carboxylic acids is 1. The van der Waals surface area contributed by atoms with E-state index in [4.69, 9.17) is 9.47 Å². The first kappa shape index (κ1) is 21.4. The van der Waals surface area contributed by atoms with Crippen molar-refractivity contribution in [1.29, 1.82) is 0 Å². The van der Waals surface area contributed by atoms with Crippen molar-refractivity contribution in [1.82, 2.24) is 15.5 Å². The number of ether oxygens (including phenoxy) is 2. The molecule has 28 heavy (non-hydrogen) atoms. The van der Waals surface area contributed by atoms with Crippen molar-refractivity contribution in [3.05, 3.63) is 0 Å². The highest BCUT2D eigenvalue weighted by molar-refractivity contribution is 5.85. The van der Waals surface area contributed by atoms with Gasteiger partial charge >= 0.3 is 0 Å². The Hall–Kier alpha value is -1.34. The molecular weight excluding hydrogens is 356 g/mol. The highest BCUT2D eigenvalue weighted by Gasteiger charge is 2.57. The summed E-state index contributed by atoms with van der Waals surface area (Å²) in [6, 6.07) is 0.361. The Kier molecular flexibility index (Phi) is 7.57. The molecule has 0 bridgehead atoms. The molecule has 7 nitrogen and oxygen atoms in total. The maximum atomic E-state index is 12.0. The van der Waals surface area contributed by atoms with Crippen LogP contribution in [0.3, 0.4) is 0 Å². The Labute approximate surface area is 169 Å². The Morgan fingerprint density at radius 2 is 2.04 bits per heavy atom. The third-order valence-corrected chi connectivity index (χ3v) is 6.64. The van der Waals surface area contributed by atoms with Crippen LogP contribution < -0.4 is 10.6 Å². The van der Waals surface area contributed by atoms with Crippen LogP contribution in [0.4, 0.5) is 0 Å². The van der Waals surface area contributed by atoms with Gasteiger partial charge in [0.25, 0.3) is 0 Å². The number of nitrogens with zero attached hydrogens (tertiary/aromatic N) is 2. The zero-order valence-corrected chi connectivity index (χ0v) is 17.8. The van der Waals surface area contributed by atoms with Crippen molar-refractivity contribution in [2.75, 3.05) is 40.4 Å². The van der Waals surface area contributed by atoms with E-state index in [0.29, 0.717) is 12.1 Å². The minimum atomic E-state index is 0.00592. The Morgan fingerprint density at radius 1 is 1.25 bits per heavy atom. The van der Waals surface area contributed by atoms with Crippen molar-refractivity contribution in [2.24, 2.45) is 10.4 Å². The highest BCUT2D eigenvalue weighted by Crippen LogP contribution is 2.54. The normalized spacial score (nSPS) is 29.4. The number of guanidine groups is 1. The summed E-state index contributed by atoms with van der Waals surface area (Å²) < 4.78 is 11.9. The molecule has 1 aliphatic heterocycles. The Balaban J connectivity index is 1.62. The fourth-order valence-electron chi connectivity index (χ4n) is 4.87. The first-order valence-corrected chi connectivity index (χ1v) is 11.0. The van der Waals surface area contributed by atoms with Gasteiger partial charge < -0.3 is 25.0 Å². The average molecular weight is 395 g/mol. The van der Waals surface area contributed by atoms with Gasteiger partial charge in [-0.05, 0) is 45.4 Å². The first-order valence-electron chi connectivity index (χ1n) is 11.0. The number of hydrogen-bond acceptors (Lipinski definition) is 4. The topological polar surface area (TPSA) is 75.2 Å². The van der Waals surface area contributed by atoms with Crippen molar-refractivity contribution in [3.8, 4) is 0 Å². The predicted octanol–water partition coefficient (Wildman–Crippen LogP) is 1.92. The molecule has 7 heteroatoms. The fraction of sp³-hybridized carbons (Fsp3) is 0.905. The molecule has 3 aliphatic rings. The van der Waals surface area contributed by atoms with Gasteiger partial charge in [0.2, 0.25) is 5.91 Å². The largest absolute Gasteiger partial charge is 0.378 e. The molecule has 0 aromatic rings. The zero-order chi connectivity index (χ0) is 20.0. The van der Waals surface area contributed by atoms with E-state index in [1.54, 1.807) is 19.0 Å². The van der Waals surface area contributed by atoms with E-state index in [2.05, 4.69) is 22.5 Å². The number of likely N-dealkylation sites (N-methyl/N-ethyl adjacent to an activating group) is 1. The van der Waals surface area contributed by atoms with Crippen LogP contribution in [-0.4, -0.2) is 75.4 Å². The summed E-state index contributed by atoms with van der Waals surface area (Å²) in [7, 11) is 3.53. The summed E-state index contributed by atoms with van der Waals surface area (Å²) in [5, 5.41) is 7.08. The standard InChI is InChI=1S/C21H38N4O3/c1-4-27-18-13-17(21(18)10-6-7-11-21)24-20(23-15-19(26)25(2)3)22-14-16-9-5-8-12-28-16/h16-18H,4-15H2,1-3H3,(H2,22,23,24). The molecule has 0 radical (unpaired) electrons. The Morgan fingerprint density at radius 3 is 2.68 bits per heavy atom. The molecular formula is C21H38N4O3. The molecule has 160 valence electrons. The Bertz CT molecular complexity index is 540. The summed E-state index contributed by atoms with van der Waals surface area (Å²) >= 11 is 0. The van der Waals surface area contributed by atoms with Crippen molar-refractivity contribution >= 4 is 11.9 Å². The molecule has 2 N–H and O–H groups in total. The predicted molar refractivity (Wildman–Crippen MR) is 110 cm³/mol. The second-order valence-corrected chi connectivity index (χ2v) is 8.64. The maximum Gasteiger partial charge on any atom is 0.243 e. The van der Waals surface area contributed by atoms with E-state index in [9.17, 15) is 4.79 Å². The van der Waals surface area contributed by atoms with Gasteiger partial charge in [0.15, 0.2) is 5.96 Å². The third kappa shape index (κ3) is 4.98. The summed E-state index contributed by atoms with van der Waals surface area (Å²) in [5.41, 5.74) is 0.228. The van der Waals surface area contributed by atoms with Gasteiger partial charge in [-0.25, -0.2) is 4.99 Å². The molecule has 1 spiro atoms.